The summed E-state index contributed by atoms with van der Waals surface area (Å²) >= 11 is 0. The summed E-state index contributed by atoms with van der Waals surface area (Å²) in [6, 6.07) is 5.73. The molecule has 0 aromatic heterocycles. The van der Waals surface area contributed by atoms with Crippen LogP contribution in [0.4, 0.5) is 18.9 Å². The average molecular weight is 353 g/mol. The van der Waals surface area contributed by atoms with Gasteiger partial charge in [-0.15, -0.1) is 0 Å². The standard InChI is InChI=1S/C17H14F3NO4/c18-11-4-3-10(14(19)15(11)20)16(23)21-12-8-9(2-5-13(12)22)17-24-6-1-7-25-17/h2-5,8,17,22H,1,6-7H2,(H,21,23). The zero-order valence-corrected chi connectivity index (χ0v) is 12.9. The minimum absolute atomic E-state index is 0.0376. The topological polar surface area (TPSA) is 67.8 Å². The predicted octanol–water partition coefficient (Wildman–Crippen LogP) is 3.50. The van der Waals surface area contributed by atoms with Crippen LogP contribution in [0.3, 0.4) is 0 Å². The van der Waals surface area contributed by atoms with Gasteiger partial charge in [0.2, 0.25) is 0 Å². The van der Waals surface area contributed by atoms with Crippen molar-refractivity contribution < 1.29 is 32.5 Å². The Bertz CT molecular complexity index is 807. The van der Waals surface area contributed by atoms with Crippen molar-refractivity contribution in [3.63, 3.8) is 0 Å². The van der Waals surface area contributed by atoms with Crippen LogP contribution in [0.1, 0.15) is 28.6 Å². The predicted molar refractivity (Wildman–Crippen MR) is 81.6 cm³/mol. The molecule has 0 radical (unpaired) electrons. The minimum Gasteiger partial charge on any atom is -0.506 e. The molecule has 0 aliphatic carbocycles. The molecule has 1 aliphatic heterocycles. The molecule has 0 unspecified atom stereocenters. The molecular weight excluding hydrogens is 339 g/mol. The van der Waals surface area contributed by atoms with Gasteiger partial charge < -0.3 is 19.9 Å². The second-order valence-electron chi connectivity index (χ2n) is 5.38. The van der Waals surface area contributed by atoms with Crippen LogP contribution in [-0.4, -0.2) is 24.2 Å². The lowest BCUT2D eigenvalue weighted by Crippen LogP contribution is -2.18. The Balaban J connectivity index is 1.84. The maximum absolute atomic E-state index is 13.7. The molecule has 0 bridgehead atoms. The van der Waals surface area contributed by atoms with Gasteiger partial charge in [0.15, 0.2) is 23.7 Å². The van der Waals surface area contributed by atoms with Gasteiger partial charge in [-0.25, -0.2) is 13.2 Å². The number of carbonyl (C=O) groups is 1. The van der Waals surface area contributed by atoms with Gasteiger partial charge in [-0.2, -0.15) is 0 Å². The van der Waals surface area contributed by atoms with Crippen molar-refractivity contribution in [2.75, 3.05) is 18.5 Å². The van der Waals surface area contributed by atoms with Gasteiger partial charge in [-0.3, -0.25) is 4.79 Å². The molecule has 1 amide bonds. The van der Waals surface area contributed by atoms with E-state index in [1.54, 1.807) is 6.07 Å². The highest BCUT2D eigenvalue weighted by molar-refractivity contribution is 6.05. The zero-order valence-electron chi connectivity index (χ0n) is 12.9. The number of rotatable bonds is 3. The number of aromatic hydroxyl groups is 1. The normalized spacial score (nSPS) is 15.2. The van der Waals surface area contributed by atoms with E-state index in [1.807, 2.05) is 0 Å². The number of nitrogens with one attached hydrogen (secondary N) is 1. The lowest BCUT2D eigenvalue weighted by Gasteiger charge is -2.24. The lowest BCUT2D eigenvalue weighted by atomic mass is 10.1. The summed E-state index contributed by atoms with van der Waals surface area (Å²) in [6.07, 6.45) is 0.109. The average Bonchev–Trinajstić information content (AvgIpc) is 2.62. The van der Waals surface area contributed by atoms with Gasteiger partial charge in [0.25, 0.3) is 5.91 Å². The molecule has 5 nitrogen and oxygen atoms in total. The third-order valence-electron chi connectivity index (χ3n) is 3.65. The quantitative estimate of drug-likeness (QED) is 0.655. The van der Waals surface area contributed by atoms with Crippen LogP contribution in [0.15, 0.2) is 30.3 Å². The highest BCUT2D eigenvalue weighted by atomic mass is 19.2. The van der Waals surface area contributed by atoms with Gasteiger partial charge in [0, 0.05) is 5.56 Å². The fraction of sp³-hybridized carbons (Fsp3) is 0.235. The van der Waals surface area contributed by atoms with Crippen molar-refractivity contribution in [2.45, 2.75) is 12.7 Å². The van der Waals surface area contributed by atoms with Crippen molar-refractivity contribution in [2.24, 2.45) is 0 Å². The maximum Gasteiger partial charge on any atom is 0.258 e. The number of benzene rings is 2. The first-order valence-corrected chi connectivity index (χ1v) is 7.48. The summed E-state index contributed by atoms with van der Waals surface area (Å²) in [5, 5.41) is 12.1. The number of anilines is 1. The second-order valence-corrected chi connectivity index (χ2v) is 5.38. The van der Waals surface area contributed by atoms with Crippen LogP contribution in [0.25, 0.3) is 0 Å². The summed E-state index contributed by atoms with van der Waals surface area (Å²) in [4.78, 5) is 12.1. The molecule has 1 fully saturated rings. The third kappa shape index (κ3) is 3.59. The number of ether oxygens (including phenoxy) is 2. The summed E-state index contributed by atoms with van der Waals surface area (Å²) in [6.45, 7) is 1.01. The molecule has 8 heteroatoms. The van der Waals surface area contributed by atoms with Gasteiger partial charge in [0.05, 0.1) is 24.5 Å². The molecule has 132 valence electrons. The number of hydrogen-bond acceptors (Lipinski definition) is 4. The molecule has 2 N–H and O–H groups in total. The second kappa shape index (κ2) is 7.12. The molecular formula is C17H14F3NO4. The van der Waals surface area contributed by atoms with Crippen LogP contribution < -0.4 is 5.32 Å². The number of amides is 1. The maximum atomic E-state index is 13.7. The number of carbonyl (C=O) groups excluding carboxylic acids is 1. The Morgan fingerprint density at radius 1 is 1.08 bits per heavy atom. The van der Waals surface area contributed by atoms with E-state index in [-0.39, 0.29) is 11.4 Å². The van der Waals surface area contributed by atoms with E-state index in [4.69, 9.17) is 9.47 Å². The van der Waals surface area contributed by atoms with E-state index in [2.05, 4.69) is 5.32 Å². The van der Waals surface area contributed by atoms with Crippen molar-refractivity contribution >= 4 is 11.6 Å². The number of phenols is 1. The fourth-order valence-corrected chi connectivity index (χ4v) is 2.37. The van der Waals surface area contributed by atoms with E-state index in [0.717, 1.165) is 12.5 Å². The lowest BCUT2D eigenvalue weighted by molar-refractivity contribution is -0.183. The van der Waals surface area contributed by atoms with Gasteiger partial charge in [-0.1, -0.05) is 6.07 Å². The molecule has 25 heavy (non-hydrogen) atoms. The van der Waals surface area contributed by atoms with Gasteiger partial charge in [0.1, 0.15) is 5.75 Å². The summed E-state index contributed by atoms with van der Waals surface area (Å²) < 4.78 is 50.8. The van der Waals surface area contributed by atoms with E-state index in [0.29, 0.717) is 24.8 Å². The first-order chi connectivity index (χ1) is 12.0. The molecule has 1 heterocycles. The SMILES string of the molecule is O=C(Nc1cc(C2OCCCO2)ccc1O)c1ccc(F)c(F)c1F. The number of hydrogen-bond donors (Lipinski definition) is 2. The molecule has 2 aromatic rings. The Morgan fingerprint density at radius 2 is 1.80 bits per heavy atom. The monoisotopic (exact) mass is 353 g/mol. The van der Waals surface area contributed by atoms with Crippen LogP contribution in [-0.2, 0) is 9.47 Å². The molecule has 2 aromatic carbocycles. The summed E-state index contributed by atoms with van der Waals surface area (Å²) in [7, 11) is 0. The van der Waals surface area contributed by atoms with Crippen molar-refractivity contribution in [3.8, 4) is 5.75 Å². The Morgan fingerprint density at radius 3 is 2.52 bits per heavy atom. The Labute approximate surface area is 141 Å². The molecule has 3 rings (SSSR count). The Kier molecular flexibility index (Phi) is 4.91. The van der Waals surface area contributed by atoms with Crippen LogP contribution >= 0.6 is 0 Å². The van der Waals surface area contributed by atoms with Crippen molar-refractivity contribution in [1.29, 1.82) is 0 Å². The van der Waals surface area contributed by atoms with Gasteiger partial charge in [-0.05, 0) is 30.7 Å². The Hall–Kier alpha value is -2.58. The summed E-state index contributed by atoms with van der Waals surface area (Å²) in [5.74, 6) is -6.06. The number of phenolic OH excluding ortho intramolecular Hbond substituents is 1. The molecule has 0 atom stereocenters. The van der Waals surface area contributed by atoms with E-state index >= 15 is 0 Å². The van der Waals surface area contributed by atoms with Crippen LogP contribution in [0.2, 0.25) is 0 Å². The largest absolute Gasteiger partial charge is 0.506 e. The van der Waals surface area contributed by atoms with E-state index < -0.39 is 35.2 Å². The molecule has 1 saturated heterocycles. The van der Waals surface area contributed by atoms with E-state index in [9.17, 15) is 23.1 Å². The highest BCUT2D eigenvalue weighted by Crippen LogP contribution is 2.31. The summed E-state index contributed by atoms with van der Waals surface area (Å²) in [5.41, 5.74) is -0.183. The van der Waals surface area contributed by atoms with Crippen LogP contribution in [0, 0.1) is 17.5 Å². The first kappa shape index (κ1) is 17.2. The minimum atomic E-state index is -1.74. The smallest absolute Gasteiger partial charge is 0.258 e. The fourth-order valence-electron chi connectivity index (χ4n) is 2.37. The van der Waals surface area contributed by atoms with Crippen molar-refractivity contribution in [3.05, 3.63) is 58.9 Å². The zero-order chi connectivity index (χ0) is 18.0. The molecule has 1 aliphatic rings. The first-order valence-electron chi connectivity index (χ1n) is 7.48. The molecule has 0 spiro atoms. The van der Waals surface area contributed by atoms with Crippen LogP contribution in [0.5, 0.6) is 5.75 Å². The van der Waals surface area contributed by atoms with Crippen molar-refractivity contribution in [1.82, 2.24) is 0 Å². The van der Waals surface area contributed by atoms with Gasteiger partial charge >= 0.3 is 0 Å². The number of halogens is 3. The van der Waals surface area contributed by atoms with E-state index in [1.165, 1.54) is 12.1 Å². The highest BCUT2D eigenvalue weighted by Gasteiger charge is 2.21. The molecule has 0 saturated carbocycles. The third-order valence-corrected chi connectivity index (χ3v) is 3.65.